The number of ketones is 1. The highest BCUT2D eigenvalue weighted by molar-refractivity contribution is 7.99. The first-order valence-corrected chi connectivity index (χ1v) is 11.5. The molecule has 0 saturated carbocycles. The summed E-state index contributed by atoms with van der Waals surface area (Å²) in [6, 6.07) is 17.5. The average Bonchev–Trinajstić information content (AvgIpc) is 3.53. The third-order valence-electron chi connectivity index (χ3n) is 4.90. The Morgan fingerprint density at radius 2 is 1.85 bits per heavy atom. The molecule has 2 aromatic heterocycles. The first kappa shape index (κ1) is 23.1. The molecule has 34 heavy (non-hydrogen) atoms. The van der Waals surface area contributed by atoms with Gasteiger partial charge in [-0.15, -0.1) is 0 Å². The van der Waals surface area contributed by atoms with Crippen LogP contribution in [0, 0.1) is 0 Å². The van der Waals surface area contributed by atoms with Crippen LogP contribution in [0.1, 0.15) is 33.4 Å². The number of nitrogens with zero attached hydrogens (tertiary/aromatic N) is 2. The Hall–Kier alpha value is -4.11. The van der Waals surface area contributed by atoms with Crippen LogP contribution in [0.5, 0.6) is 0 Å². The number of nitrogens with one attached hydrogen (secondary N) is 2. The van der Waals surface area contributed by atoms with E-state index in [0.717, 1.165) is 5.69 Å². The van der Waals surface area contributed by atoms with Gasteiger partial charge in [0.15, 0.2) is 10.9 Å². The smallest absolute Gasteiger partial charge is 0.251 e. The van der Waals surface area contributed by atoms with Gasteiger partial charge in [0.1, 0.15) is 5.76 Å². The van der Waals surface area contributed by atoms with Crippen molar-refractivity contribution in [2.45, 2.75) is 18.6 Å². The second-order valence-corrected chi connectivity index (χ2v) is 8.31. The molecule has 172 valence electrons. The van der Waals surface area contributed by atoms with E-state index >= 15 is 0 Å². The van der Waals surface area contributed by atoms with Gasteiger partial charge in [-0.3, -0.25) is 19.0 Å². The number of benzene rings is 2. The normalized spacial score (nSPS) is 10.6. The fourth-order valence-corrected chi connectivity index (χ4v) is 3.97. The summed E-state index contributed by atoms with van der Waals surface area (Å²) >= 11 is 1.29. The van der Waals surface area contributed by atoms with E-state index < -0.39 is 0 Å². The van der Waals surface area contributed by atoms with Crippen molar-refractivity contribution in [1.82, 2.24) is 14.9 Å². The molecule has 0 aliphatic heterocycles. The predicted octanol–water partition coefficient (Wildman–Crippen LogP) is 4.33. The van der Waals surface area contributed by atoms with E-state index in [1.165, 1.54) is 18.7 Å². The minimum atomic E-state index is -0.205. The third-order valence-corrected chi connectivity index (χ3v) is 5.87. The van der Waals surface area contributed by atoms with Crippen LogP contribution in [0.2, 0.25) is 0 Å². The molecular formula is C25H22N4O4S. The van der Waals surface area contributed by atoms with Gasteiger partial charge < -0.3 is 15.1 Å². The predicted molar refractivity (Wildman–Crippen MR) is 129 cm³/mol. The van der Waals surface area contributed by atoms with Crippen molar-refractivity contribution < 1.29 is 18.8 Å². The van der Waals surface area contributed by atoms with E-state index in [-0.39, 0.29) is 23.4 Å². The van der Waals surface area contributed by atoms with Gasteiger partial charge in [-0.25, -0.2) is 4.98 Å². The Morgan fingerprint density at radius 1 is 1.03 bits per heavy atom. The van der Waals surface area contributed by atoms with Gasteiger partial charge in [-0.1, -0.05) is 23.9 Å². The second-order valence-electron chi connectivity index (χ2n) is 7.36. The van der Waals surface area contributed by atoms with Crippen molar-refractivity contribution in [3.8, 4) is 5.69 Å². The number of hydrogen-bond donors (Lipinski definition) is 2. The molecule has 2 heterocycles. The minimum absolute atomic E-state index is 0.0616. The molecule has 4 rings (SSSR count). The highest BCUT2D eigenvalue weighted by Crippen LogP contribution is 2.21. The van der Waals surface area contributed by atoms with Crippen LogP contribution in [-0.4, -0.2) is 32.9 Å². The summed E-state index contributed by atoms with van der Waals surface area (Å²) in [4.78, 5) is 40.6. The first-order chi connectivity index (χ1) is 16.5. The van der Waals surface area contributed by atoms with E-state index in [1.54, 1.807) is 67.2 Å². The summed E-state index contributed by atoms with van der Waals surface area (Å²) in [7, 11) is 0. The number of thioether (sulfide) groups is 1. The number of carbonyl (C=O) groups is 3. The lowest BCUT2D eigenvalue weighted by molar-refractivity contribution is -0.113. The van der Waals surface area contributed by atoms with Crippen LogP contribution >= 0.6 is 11.8 Å². The number of imidazole rings is 1. The molecule has 4 aromatic rings. The van der Waals surface area contributed by atoms with Crippen molar-refractivity contribution in [1.29, 1.82) is 0 Å². The summed E-state index contributed by atoms with van der Waals surface area (Å²) in [6.07, 6.45) is 5.01. The van der Waals surface area contributed by atoms with Gasteiger partial charge in [0.05, 0.1) is 18.6 Å². The number of carbonyl (C=O) groups excluding carboxylic acids is 3. The highest BCUT2D eigenvalue weighted by atomic mass is 32.2. The first-order valence-electron chi connectivity index (χ1n) is 10.5. The van der Waals surface area contributed by atoms with E-state index in [2.05, 4.69) is 15.6 Å². The van der Waals surface area contributed by atoms with Gasteiger partial charge >= 0.3 is 0 Å². The lowest BCUT2D eigenvalue weighted by Gasteiger charge is -2.09. The maximum absolute atomic E-state index is 12.4. The average molecular weight is 475 g/mol. The largest absolute Gasteiger partial charge is 0.467 e. The summed E-state index contributed by atoms with van der Waals surface area (Å²) < 4.78 is 7.07. The van der Waals surface area contributed by atoms with Crippen LogP contribution < -0.4 is 10.6 Å². The van der Waals surface area contributed by atoms with Crippen molar-refractivity contribution in [2.24, 2.45) is 0 Å². The third kappa shape index (κ3) is 5.81. The van der Waals surface area contributed by atoms with Crippen LogP contribution in [0.25, 0.3) is 5.69 Å². The van der Waals surface area contributed by atoms with Gasteiger partial charge in [-0.05, 0) is 55.5 Å². The Balaban J connectivity index is 1.35. The van der Waals surface area contributed by atoms with Crippen LogP contribution in [0.15, 0.2) is 88.9 Å². The lowest BCUT2D eigenvalue weighted by Crippen LogP contribution is -2.22. The van der Waals surface area contributed by atoms with E-state index in [4.69, 9.17) is 4.42 Å². The molecule has 0 bridgehead atoms. The van der Waals surface area contributed by atoms with Crippen molar-refractivity contribution in [2.75, 3.05) is 11.1 Å². The summed E-state index contributed by atoms with van der Waals surface area (Å²) in [5.41, 5.74) is 2.45. The fraction of sp³-hybridized carbons (Fsp3) is 0.120. The van der Waals surface area contributed by atoms with Crippen LogP contribution in [-0.2, 0) is 11.3 Å². The molecule has 0 aliphatic rings. The summed E-state index contributed by atoms with van der Waals surface area (Å²) in [5, 5.41) is 6.25. The lowest BCUT2D eigenvalue weighted by atomic mass is 10.1. The SMILES string of the molecule is CC(=O)c1cccc(NC(=O)CSc2nccn2-c2ccc(C(=O)NCc3ccco3)cc2)c1. The molecule has 0 spiro atoms. The second kappa shape index (κ2) is 10.7. The zero-order valence-corrected chi connectivity index (χ0v) is 19.2. The molecule has 0 aliphatic carbocycles. The quantitative estimate of drug-likeness (QED) is 0.276. The Kier molecular flexibility index (Phi) is 7.24. The number of rotatable bonds is 9. The topological polar surface area (TPSA) is 106 Å². The van der Waals surface area contributed by atoms with Crippen LogP contribution in [0.3, 0.4) is 0 Å². The summed E-state index contributed by atoms with van der Waals surface area (Å²) in [6.45, 7) is 1.80. The van der Waals surface area contributed by atoms with Gasteiger partial charge in [0, 0.05) is 34.9 Å². The van der Waals surface area contributed by atoms with Crippen LogP contribution in [0.4, 0.5) is 5.69 Å². The molecule has 2 N–H and O–H groups in total. The number of aromatic nitrogens is 2. The highest BCUT2D eigenvalue weighted by Gasteiger charge is 2.12. The number of Topliss-reactive ketones (excluding diaryl/α,β-unsaturated/α-hetero) is 1. The molecule has 0 unspecified atom stereocenters. The molecule has 0 atom stereocenters. The summed E-state index contributed by atoms with van der Waals surface area (Å²) in [5.74, 6) is 0.362. The van der Waals surface area contributed by atoms with Crippen molar-refractivity contribution in [3.05, 3.63) is 96.2 Å². The van der Waals surface area contributed by atoms with Gasteiger partial charge in [-0.2, -0.15) is 0 Å². The van der Waals surface area contributed by atoms with Gasteiger partial charge in [0.25, 0.3) is 5.91 Å². The zero-order chi connectivity index (χ0) is 23.9. The number of furan rings is 1. The van der Waals surface area contributed by atoms with E-state index in [0.29, 0.717) is 34.3 Å². The number of anilines is 1. The molecule has 2 aromatic carbocycles. The van der Waals surface area contributed by atoms with E-state index in [1.807, 2.05) is 16.7 Å². The molecule has 0 radical (unpaired) electrons. The number of amides is 2. The minimum Gasteiger partial charge on any atom is -0.467 e. The van der Waals surface area contributed by atoms with Crippen molar-refractivity contribution in [3.63, 3.8) is 0 Å². The maximum atomic E-state index is 12.4. The molecule has 8 nitrogen and oxygen atoms in total. The Bertz CT molecular complexity index is 1300. The fourth-order valence-electron chi connectivity index (χ4n) is 3.19. The standard InChI is InChI=1S/C25H22N4O4S/c1-17(30)19-4-2-5-20(14-19)28-23(31)16-34-25-26-11-12-29(25)21-9-7-18(8-10-21)24(32)27-15-22-6-3-13-33-22/h2-14H,15-16H2,1H3,(H,27,32)(H,28,31). The maximum Gasteiger partial charge on any atom is 0.251 e. The Labute approximate surface area is 200 Å². The van der Waals surface area contributed by atoms with Crippen molar-refractivity contribution >= 4 is 35.0 Å². The monoisotopic (exact) mass is 474 g/mol. The van der Waals surface area contributed by atoms with E-state index in [9.17, 15) is 14.4 Å². The molecule has 0 saturated heterocycles. The zero-order valence-electron chi connectivity index (χ0n) is 18.4. The molecule has 2 amide bonds. The molecule has 9 heteroatoms. The Morgan fingerprint density at radius 3 is 2.59 bits per heavy atom. The number of hydrogen-bond acceptors (Lipinski definition) is 6. The molecular weight excluding hydrogens is 452 g/mol. The molecule has 0 fully saturated rings. The van der Waals surface area contributed by atoms with Gasteiger partial charge in [0.2, 0.25) is 5.91 Å².